The Morgan fingerprint density at radius 1 is 1.34 bits per heavy atom. The van der Waals surface area contributed by atoms with E-state index in [1.807, 2.05) is 0 Å². The molecule has 1 aromatic carbocycles. The van der Waals surface area contributed by atoms with Gasteiger partial charge in [0.05, 0.1) is 26.0 Å². The molecule has 2 saturated heterocycles. The van der Waals surface area contributed by atoms with E-state index in [2.05, 4.69) is 17.6 Å². The Hall–Kier alpha value is -1.83. The Labute approximate surface area is 178 Å². The summed E-state index contributed by atoms with van der Waals surface area (Å²) in [5.41, 5.74) is 1.09. The smallest absolute Gasteiger partial charge is 0.254 e. The van der Waals surface area contributed by atoms with E-state index in [0.717, 1.165) is 25.9 Å². The maximum absolute atomic E-state index is 12.7. The van der Waals surface area contributed by atoms with Gasteiger partial charge in [0.1, 0.15) is 5.75 Å². The first-order valence-electron chi connectivity index (χ1n) is 10.1. The molecule has 0 saturated carbocycles. The average Bonchev–Trinajstić information content (AvgIpc) is 2.74. The van der Waals surface area contributed by atoms with Crippen LogP contribution in [-0.4, -0.2) is 63.2 Å². The fourth-order valence-corrected chi connectivity index (χ4v) is 3.91. The van der Waals surface area contributed by atoms with Gasteiger partial charge in [0.25, 0.3) is 5.91 Å². The summed E-state index contributed by atoms with van der Waals surface area (Å²) in [5, 5.41) is 6.36. The van der Waals surface area contributed by atoms with Crippen molar-refractivity contribution in [3.63, 3.8) is 0 Å². The van der Waals surface area contributed by atoms with E-state index < -0.39 is 0 Å². The summed E-state index contributed by atoms with van der Waals surface area (Å²) < 4.78 is 10.7. The monoisotopic (exact) mass is 425 g/mol. The number of piperidine rings is 1. The molecule has 2 fully saturated rings. The van der Waals surface area contributed by atoms with Crippen LogP contribution in [0.5, 0.6) is 5.75 Å². The van der Waals surface area contributed by atoms with Gasteiger partial charge in [-0.3, -0.25) is 9.59 Å². The molecule has 2 atom stereocenters. The van der Waals surface area contributed by atoms with E-state index in [1.54, 1.807) is 30.2 Å². The van der Waals surface area contributed by atoms with Crippen molar-refractivity contribution in [2.75, 3.05) is 51.8 Å². The summed E-state index contributed by atoms with van der Waals surface area (Å²) in [5.74, 6) is 1.28. The number of carbonyl (C=O) groups is 2. The summed E-state index contributed by atoms with van der Waals surface area (Å²) in [6.07, 6.45) is 2.78. The first-order valence-corrected chi connectivity index (χ1v) is 10.1. The zero-order valence-corrected chi connectivity index (χ0v) is 18.1. The lowest BCUT2D eigenvalue weighted by molar-refractivity contribution is -0.117. The van der Waals surface area contributed by atoms with Gasteiger partial charge in [-0.05, 0) is 56.0 Å². The summed E-state index contributed by atoms with van der Waals surface area (Å²) in [7, 11) is 1.56. The number of amides is 2. The van der Waals surface area contributed by atoms with Crippen molar-refractivity contribution in [3.05, 3.63) is 23.8 Å². The van der Waals surface area contributed by atoms with Gasteiger partial charge >= 0.3 is 0 Å². The molecule has 2 aliphatic heterocycles. The summed E-state index contributed by atoms with van der Waals surface area (Å²) in [6, 6.07) is 5.18. The van der Waals surface area contributed by atoms with Crippen molar-refractivity contribution < 1.29 is 19.1 Å². The largest absolute Gasteiger partial charge is 0.495 e. The second kappa shape index (κ2) is 11.4. The number of anilines is 1. The highest BCUT2D eigenvalue weighted by atomic mass is 35.5. The summed E-state index contributed by atoms with van der Waals surface area (Å²) in [6.45, 7) is 6.45. The third kappa shape index (κ3) is 6.32. The molecule has 1 aromatic rings. The Balaban J connectivity index is 0.00000300. The van der Waals surface area contributed by atoms with E-state index in [1.165, 1.54) is 0 Å². The number of halogens is 1. The minimum atomic E-state index is -0.0527. The lowest BCUT2D eigenvalue weighted by atomic mass is 9.85. The van der Waals surface area contributed by atoms with Crippen molar-refractivity contribution in [1.29, 1.82) is 0 Å². The Morgan fingerprint density at radius 3 is 2.76 bits per heavy atom. The molecule has 29 heavy (non-hydrogen) atoms. The number of morpholine rings is 1. The van der Waals surface area contributed by atoms with E-state index in [-0.39, 0.29) is 24.2 Å². The van der Waals surface area contributed by atoms with Crippen LogP contribution in [0, 0.1) is 11.8 Å². The SMILES string of the molecule is COc1ccc(C(=O)N2CCOCC2)cc1NC(=O)CC(C)C1CCCNC1.Cl. The molecule has 2 N–H and O–H groups in total. The van der Waals surface area contributed by atoms with Gasteiger partial charge in [0.2, 0.25) is 5.91 Å². The van der Waals surface area contributed by atoms with Crippen LogP contribution in [0.2, 0.25) is 0 Å². The van der Waals surface area contributed by atoms with E-state index in [4.69, 9.17) is 9.47 Å². The van der Waals surface area contributed by atoms with Gasteiger partial charge in [-0.2, -0.15) is 0 Å². The van der Waals surface area contributed by atoms with Gasteiger partial charge in [-0.25, -0.2) is 0 Å². The van der Waals surface area contributed by atoms with Crippen LogP contribution in [0.25, 0.3) is 0 Å². The molecule has 2 heterocycles. The van der Waals surface area contributed by atoms with Gasteiger partial charge in [0.15, 0.2) is 0 Å². The molecule has 8 heteroatoms. The van der Waals surface area contributed by atoms with Gasteiger partial charge < -0.3 is 25.0 Å². The van der Waals surface area contributed by atoms with Gasteiger partial charge in [-0.1, -0.05) is 6.92 Å². The molecule has 2 unspecified atom stereocenters. The van der Waals surface area contributed by atoms with Crippen LogP contribution in [0.1, 0.15) is 36.5 Å². The molecule has 0 spiro atoms. The topological polar surface area (TPSA) is 79.9 Å². The van der Waals surface area contributed by atoms with Gasteiger partial charge in [-0.15, -0.1) is 12.4 Å². The molecule has 2 aliphatic rings. The lowest BCUT2D eigenvalue weighted by Crippen LogP contribution is -2.40. The molecule has 3 rings (SSSR count). The minimum Gasteiger partial charge on any atom is -0.495 e. The number of hydrogen-bond donors (Lipinski definition) is 2. The van der Waals surface area contributed by atoms with E-state index >= 15 is 0 Å². The third-order valence-corrected chi connectivity index (χ3v) is 5.67. The molecular weight excluding hydrogens is 394 g/mol. The van der Waals surface area contributed by atoms with E-state index in [9.17, 15) is 9.59 Å². The van der Waals surface area contributed by atoms with Crippen molar-refractivity contribution >= 4 is 29.9 Å². The molecule has 0 aromatic heterocycles. The van der Waals surface area contributed by atoms with Crippen molar-refractivity contribution in [1.82, 2.24) is 10.2 Å². The van der Waals surface area contributed by atoms with Crippen LogP contribution >= 0.6 is 12.4 Å². The van der Waals surface area contributed by atoms with Crippen LogP contribution in [-0.2, 0) is 9.53 Å². The highest BCUT2D eigenvalue weighted by Crippen LogP contribution is 2.28. The highest BCUT2D eigenvalue weighted by molar-refractivity contribution is 5.98. The summed E-state index contributed by atoms with van der Waals surface area (Å²) >= 11 is 0. The predicted molar refractivity (Wildman–Crippen MR) is 115 cm³/mol. The summed E-state index contributed by atoms with van der Waals surface area (Å²) in [4.78, 5) is 27.1. The quantitative estimate of drug-likeness (QED) is 0.732. The molecule has 0 aliphatic carbocycles. The highest BCUT2D eigenvalue weighted by Gasteiger charge is 2.23. The molecular formula is C21H32ClN3O4. The van der Waals surface area contributed by atoms with E-state index in [0.29, 0.717) is 61.6 Å². The number of benzene rings is 1. The Morgan fingerprint density at radius 2 is 2.10 bits per heavy atom. The minimum absolute atomic E-state index is 0. The van der Waals surface area contributed by atoms with Crippen molar-refractivity contribution in [2.24, 2.45) is 11.8 Å². The zero-order chi connectivity index (χ0) is 19.9. The molecule has 7 nitrogen and oxygen atoms in total. The number of nitrogens with zero attached hydrogens (tertiary/aromatic N) is 1. The fourth-order valence-electron chi connectivity index (χ4n) is 3.91. The van der Waals surface area contributed by atoms with Crippen LogP contribution in [0.3, 0.4) is 0 Å². The number of carbonyl (C=O) groups excluding carboxylic acids is 2. The number of hydrogen-bond acceptors (Lipinski definition) is 5. The normalized spacial score (nSPS) is 20.3. The first-order chi connectivity index (χ1) is 13.6. The maximum Gasteiger partial charge on any atom is 0.254 e. The molecule has 2 amide bonds. The Bertz CT molecular complexity index is 689. The predicted octanol–water partition coefficient (Wildman–Crippen LogP) is 2.55. The number of rotatable bonds is 6. The lowest BCUT2D eigenvalue weighted by Gasteiger charge is -2.28. The maximum atomic E-state index is 12.7. The molecule has 162 valence electrons. The van der Waals surface area contributed by atoms with Crippen molar-refractivity contribution in [2.45, 2.75) is 26.2 Å². The Kier molecular flexibility index (Phi) is 9.20. The molecule has 0 bridgehead atoms. The zero-order valence-electron chi connectivity index (χ0n) is 17.2. The van der Waals surface area contributed by atoms with Crippen LogP contribution in [0.15, 0.2) is 18.2 Å². The van der Waals surface area contributed by atoms with Gasteiger partial charge in [0, 0.05) is 25.1 Å². The number of methoxy groups -OCH3 is 1. The fraction of sp³-hybridized carbons (Fsp3) is 0.619. The molecule has 0 radical (unpaired) electrons. The number of nitrogens with one attached hydrogen (secondary N) is 2. The number of ether oxygens (including phenoxy) is 2. The van der Waals surface area contributed by atoms with Crippen molar-refractivity contribution in [3.8, 4) is 5.75 Å². The first kappa shape index (κ1) is 23.4. The van der Waals surface area contributed by atoms with Crippen LogP contribution < -0.4 is 15.4 Å². The van der Waals surface area contributed by atoms with Crippen LogP contribution in [0.4, 0.5) is 5.69 Å². The second-order valence-corrected chi connectivity index (χ2v) is 7.66. The third-order valence-electron chi connectivity index (χ3n) is 5.67. The standard InChI is InChI=1S/C21H31N3O4.ClH/c1-15(17-4-3-7-22-14-17)12-20(25)23-18-13-16(5-6-19(18)27-2)21(26)24-8-10-28-11-9-24;/h5-6,13,15,17,22H,3-4,7-12,14H2,1-2H3,(H,23,25);1H. The average molecular weight is 426 g/mol. The second-order valence-electron chi connectivity index (χ2n) is 7.66.